The van der Waals surface area contributed by atoms with Crippen molar-refractivity contribution >= 4 is 5.91 Å². The SMILES string of the molecule is CC(C)(C)N[C@@H](COC(C)(C)C)C(=O)NCCCCOCCCOCCCC(CO)COC(C)(C)C. The molecule has 1 unspecified atom stereocenters. The molecule has 0 aliphatic rings. The minimum Gasteiger partial charge on any atom is -0.396 e. The second-order valence-corrected chi connectivity index (χ2v) is 12.6. The molecule has 0 aliphatic heterocycles. The standard InChI is InChI=1S/C28H58N2O6/c1-26(2,3)30-24(22-36-28(7,8)9)25(32)29-15-10-11-16-33-18-13-19-34-17-12-14-23(20-31)21-35-27(4,5)6/h23-24,30-31H,10-22H2,1-9H3,(H,29,32)/t23?,24-/m0/s1. The first-order valence-electron chi connectivity index (χ1n) is 13.7. The van der Waals surface area contributed by atoms with Gasteiger partial charge < -0.3 is 29.4 Å². The van der Waals surface area contributed by atoms with E-state index in [4.69, 9.17) is 18.9 Å². The monoisotopic (exact) mass is 518 g/mol. The number of carbonyl (C=O) groups excluding carboxylic acids is 1. The Hall–Kier alpha value is -0.770. The average Bonchev–Trinajstić information content (AvgIpc) is 2.74. The topological polar surface area (TPSA) is 98.3 Å². The summed E-state index contributed by atoms with van der Waals surface area (Å²) < 4.78 is 23.0. The molecule has 0 aromatic heterocycles. The predicted octanol–water partition coefficient (Wildman–Crippen LogP) is 4.08. The Balaban J connectivity index is 3.78. The number of amides is 1. The lowest BCUT2D eigenvalue weighted by Crippen LogP contribution is -2.54. The summed E-state index contributed by atoms with van der Waals surface area (Å²) >= 11 is 0. The van der Waals surface area contributed by atoms with Crippen molar-refractivity contribution in [3.05, 3.63) is 0 Å². The molecule has 0 radical (unpaired) electrons. The van der Waals surface area contributed by atoms with Gasteiger partial charge in [-0.3, -0.25) is 10.1 Å². The van der Waals surface area contributed by atoms with E-state index in [1.807, 2.05) is 62.3 Å². The van der Waals surface area contributed by atoms with Crippen molar-refractivity contribution in [3.8, 4) is 0 Å². The summed E-state index contributed by atoms with van der Waals surface area (Å²) in [6.45, 7) is 22.6. The maximum Gasteiger partial charge on any atom is 0.239 e. The predicted molar refractivity (Wildman–Crippen MR) is 146 cm³/mol. The second-order valence-electron chi connectivity index (χ2n) is 12.6. The van der Waals surface area contributed by atoms with Gasteiger partial charge in [-0.25, -0.2) is 0 Å². The fraction of sp³-hybridized carbons (Fsp3) is 0.964. The summed E-state index contributed by atoms with van der Waals surface area (Å²) in [5.41, 5.74) is -0.639. The molecule has 0 saturated heterocycles. The number of nitrogens with one attached hydrogen (secondary N) is 2. The summed E-state index contributed by atoms with van der Waals surface area (Å²) in [5, 5.41) is 15.8. The third kappa shape index (κ3) is 23.6. The zero-order chi connectivity index (χ0) is 27.7. The van der Waals surface area contributed by atoms with Gasteiger partial charge in [0, 0.05) is 51.0 Å². The maximum atomic E-state index is 12.6. The summed E-state index contributed by atoms with van der Waals surface area (Å²) in [5.74, 6) is 0.137. The van der Waals surface area contributed by atoms with Crippen LogP contribution >= 0.6 is 0 Å². The molecule has 0 rings (SSSR count). The van der Waals surface area contributed by atoms with Gasteiger partial charge in [-0.15, -0.1) is 0 Å². The van der Waals surface area contributed by atoms with Crippen LogP contribution in [0.15, 0.2) is 0 Å². The zero-order valence-electron chi connectivity index (χ0n) is 24.8. The highest BCUT2D eigenvalue weighted by Gasteiger charge is 2.25. The lowest BCUT2D eigenvalue weighted by molar-refractivity contribution is -0.127. The van der Waals surface area contributed by atoms with Gasteiger partial charge in [-0.2, -0.15) is 0 Å². The van der Waals surface area contributed by atoms with Gasteiger partial charge >= 0.3 is 0 Å². The fourth-order valence-electron chi connectivity index (χ4n) is 3.24. The van der Waals surface area contributed by atoms with Crippen molar-refractivity contribution in [3.63, 3.8) is 0 Å². The van der Waals surface area contributed by atoms with Gasteiger partial charge in [0.2, 0.25) is 5.91 Å². The Kier molecular flexibility index (Phi) is 18.1. The largest absolute Gasteiger partial charge is 0.396 e. The molecule has 0 saturated carbocycles. The number of unbranched alkanes of at least 4 members (excludes halogenated alkanes) is 1. The van der Waals surface area contributed by atoms with E-state index in [0.717, 1.165) is 32.1 Å². The first kappa shape index (κ1) is 35.2. The molecule has 0 aliphatic carbocycles. The number of aliphatic hydroxyl groups is 1. The van der Waals surface area contributed by atoms with E-state index >= 15 is 0 Å². The van der Waals surface area contributed by atoms with Crippen LogP contribution in [0.5, 0.6) is 0 Å². The molecule has 0 spiro atoms. The Morgan fingerprint density at radius 2 is 1.28 bits per heavy atom. The van der Waals surface area contributed by atoms with E-state index < -0.39 is 0 Å². The average molecular weight is 519 g/mol. The molecule has 0 bridgehead atoms. The fourth-order valence-corrected chi connectivity index (χ4v) is 3.24. The molecule has 0 aromatic rings. The van der Waals surface area contributed by atoms with Crippen LogP contribution in [0.3, 0.4) is 0 Å². The van der Waals surface area contributed by atoms with Crippen LogP contribution in [0.25, 0.3) is 0 Å². The van der Waals surface area contributed by atoms with E-state index in [0.29, 0.717) is 46.2 Å². The molecule has 36 heavy (non-hydrogen) atoms. The van der Waals surface area contributed by atoms with Crippen molar-refractivity contribution in [2.75, 3.05) is 52.8 Å². The van der Waals surface area contributed by atoms with Crippen LogP contribution in [-0.4, -0.2) is 86.6 Å². The van der Waals surface area contributed by atoms with E-state index in [1.54, 1.807) is 0 Å². The summed E-state index contributed by atoms with van der Waals surface area (Å²) in [4.78, 5) is 12.6. The Morgan fingerprint density at radius 1 is 0.750 bits per heavy atom. The summed E-state index contributed by atoms with van der Waals surface area (Å²) in [6, 6.07) is -0.383. The third-order valence-corrected chi connectivity index (χ3v) is 5.11. The number of aliphatic hydroxyl groups excluding tert-OH is 1. The van der Waals surface area contributed by atoms with Crippen LogP contribution in [0.1, 0.15) is 94.4 Å². The van der Waals surface area contributed by atoms with Crippen molar-refractivity contribution in [2.24, 2.45) is 5.92 Å². The number of rotatable bonds is 20. The molecule has 8 nitrogen and oxygen atoms in total. The third-order valence-electron chi connectivity index (χ3n) is 5.11. The first-order valence-corrected chi connectivity index (χ1v) is 13.7. The molecule has 216 valence electrons. The van der Waals surface area contributed by atoms with E-state index in [9.17, 15) is 9.90 Å². The molecule has 0 fully saturated rings. The Labute approximate surface area is 221 Å². The van der Waals surface area contributed by atoms with Gasteiger partial charge in [0.1, 0.15) is 6.04 Å². The smallest absolute Gasteiger partial charge is 0.239 e. The normalized spacial score (nSPS) is 14.6. The zero-order valence-corrected chi connectivity index (χ0v) is 24.8. The van der Waals surface area contributed by atoms with Gasteiger partial charge in [-0.05, 0) is 94.4 Å². The van der Waals surface area contributed by atoms with E-state index in [1.165, 1.54) is 0 Å². The lowest BCUT2D eigenvalue weighted by atomic mass is 10.1. The number of carbonyl (C=O) groups is 1. The van der Waals surface area contributed by atoms with Crippen LogP contribution in [0, 0.1) is 5.92 Å². The van der Waals surface area contributed by atoms with Crippen molar-refractivity contribution < 1.29 is 28.8 Å². The van der Waals surface area contributed by atoms with Crippen LogP contribution in [-0.2, 0) is 23.7 Å². The number of ether oxygens (including phenoxy) is 4. The van der Waals surface area contributed by atoms with E-state index in [-0.39, 0.29) is 41.2 Å². The highest BCUT2D eigenvalue weighted by molar-refractivity contribution is 5.82. The summed E-state index contributed by atoms with van der Waals surface area (Å²) in [6.07, 6.45) is 4.45. The van der Waals surface area contributed by atoms with Gasteiger partial charge in [0.15, 0.2) is 0 Å². The van der Waals surface area contributed by atoms with Crippen LogP contribution in [0.2, 0.25) is 0 Å². The molecule has 2 atom stereocenters. The minimum atomic E-state index is -0.383. The lowest BCUT2D eigenvalue weighted by Gasteiger charge is -2.30. The number of hydrogen-bond acceptors (Lipinski definition) is 7. The highest BCUT2D eigenvalue weighted by Crippen LogP contribution is 2.13. The molecule has 1 amide bonds. The molecule has 3 N–H and O–H groups in total. The Bertz CT molecular complexity index is 552. The molecular formula is C28H58N2O6. The van der Waals surface area contributed by atoms with Crippen LogP contribution < -0.4 is 10.6 Å². The van der Waals surface area contributed by atoms with Gasteiger partial charge in [0.05, 0.1) is 24.4 Å². The van der Waals surface area contributed by atoms with Crippen molar-refractivity contribution in [1.82, 2.24) is 10.6 Å². The molecular weight excluding hydrogens is 460 g/mol. The highest BCUT2D eigenvalue weighted by atomic mass is 16.5. The van der Waals surface area contributed by atoms with Gasteiger partial charge in [-0.1, -0.05) is 0 Å². The quantitative estimate of drug-likeness (QED) is 0.209. The molecule has 0 heterocycles. The van der Waals surface area contributed by atoms with Gasteiger partial charge in [0.25, 0.3) is 0 Å². The number of hydrogen-bond donors (Lipinski definition) is 3. The van der Waals surface area contributed by atoms with Crippen molar-refractivity contribution in [1.29, 1.82) is 0 Å². The summed E-state index contributed by atoms with van der Waals surface area (Å²) in [7, 11) is 0. The Morgan fingerprint density at radius 3 is 1.81 bits per heavy atom. The van der Waals surface area contributed by atoms with E-state index in [2.05, 4.69) is 10.6 Å². The maximum absolute atomic E-state index is 12.6. The van der Waals surface area contributed by atoms with Crippen molar-refractivity contribution in [2.45, 2.75) is 117 Å². The van der Waals surface area contributed by atoms with Crippen LogP contribution in [0.4, 0.5) is 0 Å². The molecule has 8 heteroatoms. The minimum absolute atomic E-state index is 0.0284. The second kappa shape index (κ2) is 18.5. The first-order chi connectivity index (χ1) is 16.6. The molecule has 0 aromatic carbocycles.